The lowest BCUT2D eigenvalue weighted by atomic mass is 10.2. The van der Waals surface area contributed by atoms with Crippen LogP contribution in [0.1, 0.15) is 12.5 Å². The normalized spacial score (nSPS) is 12.3. The van der Waals surface area contributed by atoms with Gasteiger partial charge in [-0.1, -0.05) is 30.3 Å². The van der Waals surface area contributed by atoms with Gasteiger partial charge in [0.25, 0.3) is 6.43 Å². The lowest BCUT2D eigenvalue weighted by Gasteiger charge is -2.22. The van der Waals surface area contributed by atoms with Gasteiger partial charge >= 0.3 is 6.09 Å². The first-order chi connectivity index (χ1) is 8.99. The molecule has 0 saturated carbocycles. The zero-order valence-electron chi connectivity index (χ0n) is 10.6. The molecule has 0 radical (unpaired) electrons. The summed E-state index contributed by atoms with van der Waals surface area (Å²) in [6, 6.07) is 8.92. The molecule has 19 heavy (non-hydrogen) atoms. The van der Waals surface area contributed by atoms with Crippen LogP contribution < -0.4 is 0 Å². The molecule has 1 atom stereocenters. The highest BCUT2D eigenvalue weighted by Crippen LogP contribution is 2.06. The van der Waals surface area contributed by atoms with Crippen molar-refractivity contribution >= 4 is 6.09 Å². The van der Waals surface area contributed by atoms with Crippen molar-refractivity contribution in [2.45, 2.75) is 26.1 Å². The fraction of sp³-hybridized carbons (Fsp3) is 0.462. The minimum atomic E-state index is -2.66. The maximum Gasteiger partial charge on any atom is 0.410 e. The van der Waals surface area contributed by atoms with E-state index in [1.54, 1.807) is 24.3 Å². The predicted molar refractivity (Wildman–Crippen MR) is 65.9 cm³/mol. The number of alkyl halides is 2. The maximum atomic E-state index is 12.3. The van der Waals surface area contributed by atoms with Gasteiger partial charge in [0, 0.05) is 6.54 Å². The highest BCUT2D eigenvalue weighted by Gasteiger charge is 2.21. The van der Waals surface area contributed by atoms with Crippen molar-refractivity contribution in [2.75, 3.05) is 13.1 Å². The summed E-state index contributed by atoms with van der Waals surface area (Å²) in [5, 5.41) is 9.18. The lowest BCUT2D eigenvalue weighted by molar-refractivity contribution is 0.0391. The SMILES string of the molecule is CC(O)CN(CC(F)F)C(=O)OCc1ccccc1. The Labute approximate surface area is 110 Å². The van der Waals surface area contributed by atoms with Crippen LogP contribution in [0.2, 0.25) is 0 Å². The third-order valence-corrected chi connectivity index (χ3v) is 2.31. The Morgan fingerprint density at radius 1 is 1.32 bits per heavy atom. The van der Waals surface area contributed by atoms with Crippen LogP contribution in [-0.2, 0) is 11.3 Å². The van der Waals surface area contributed by atoms with Gasteiger partial charge < -0.3 is 9.84 Å². The van der Waals surface area contributed by atoms with E-state index >= 15 is 0 Å². The molecule has 1 aromatic rings. The number of aliphatic hydroxyl groups excluding tert-OH is 1. The summed E-state index contributed by atoms with van der Waals surface area (Å²) >= 11 is 0. The van der Waals surface area contributed by atoms with E-state index in [0.29, 0.717) is 0 Å². The fourth-order valence-electron chi connectivity index (χ4n) is 1.52. The number of rotatable bonds is 6. The second-order valence-corrected chi connectivity index (χ2v) is 4.19. The van der Waals surface area contributed by atoms with Crippen molar-refractivity contribution in [2.24, 2.45) is 0 Å². The molecule has 4 nitrogen and oxygen atoms in total. The molecule has 0 bridgehead atoms. The molecule has 1 N–H and O–H groups in total. The number of halogens is 2. The molecule has 1 aromatic carbocycles. The largest absolute Gasteiger partial charge is 0.445 e. The molecule has 0 aliphatic heterocycles. The van der Waals surface area contributed by atoms with Crippen LogP contribution in [0, 0.1) is 0 Å². The summed E-state index contributed by atoms with van der Waals surface area (Å²) in [4.78, 5) is 12.5. The van der Waals surface area contributed by atoms with E-state index in [1.165, 1.54) is 6.92 Å². The van der Waals surface area contributed by atoms with Crippen LogP contribution in [0.4, 0.5) is 13.6 Å². The number of carbonyl (C=O) groups excluding carboxylic acids is 1. The van der Waals surface area contributed by atoms with Gasteiger partial charge in [-0.05, 0) is 12.5 Å². The highest BCUT2D eigenvalue weighted by molar-refractivity contribution is 5.67. The standard InChI is InChI=1S/C13H17F2NO3/c1-10(17)7-16(8-12(14)15)13(18)19-9-11-5-3-2-4-6-11/h2-6,10,12,17H,7-9H2,1H3. The van der Waals surface area contributed by atoms with Gasteiger partial charge in [-0.3, -0.25) is 4.90 Å². The summed E-state index contributed by atoms with van der Waals surface area (Å²) in [7, 11) is 0. The molecule has 0 aliphatic carbocycles. The van der Waals surface area contributed by atoms with Crippen molar-refractivity contribution in [3.63, 3.8) is 0 Å². The molecular weight excluding hydrogens is 256 g/mol. The Hall–Kier alpha value is -1.69. The topological polar surface area (TPSA) is 49.8 Å². The van der Waals surface area contributed by atoms with Crippen molar-refractivity contribution in [1.82, 2.24) is 4.90 Å². The van der Waals surface area contributed by atoms with Crippen LogP contribution in [0.5, 0.6) is 0 Å². The molecule has 0 fully saturated rings. The van der Waals surface area contributed by atoms with E-state index in [4.69, 9.17) is 4.74 Å². The zero-order valence-corrected chi connectivity index (χ0v) is 10.6. The Morgan fingerprint density at radius 3 is 2.47 bits per heavy atom. The Morgan fingerprint density at radius 2 is 1.95 bits per heavy atom. The van der Waals surface area contributed by atoms with Crippen LogP contribution in [-0.4, -0.2) is 41.7 Å². The molecule has 0 saturated heterocycles. The van der Waals surface area contributed by atoms with Crippen LogP contribution in [0.3, 0.4) is 0 Å². The van der Waals surface area contributed by atoms with Gasteiger partial charge in [0.2, 0.25) is 0 Å². The number of amides is 1. The molecule has 0 spiro atoms. The molecule has 1 rings (SSSR count). The summed E-state index contributed by atoms with van der Waals surface area (Å²) in [5.74, 6) is 0. The van der Waals surface area contributed by atoms with E-state index in [9.17, 15) is 18.7 Å². The Bertz CT molecular complexity index is 375. The monoisotopic (exact) mass is 273 g/mol. The first-order valence-corrected chi connectivity index (χ1v) is 5.91. The fourth-order valence-corrected chi connectivity index (χ4v) is 1.52. The van der Waals surface area contributed by atoms with E-state index in [2.05, 4.69) is 0 Å². The molecular formula is C13H17F2NO3. The number of hydrogen-bond acceptors (Lipinski definition) is 3. The molecule has 0 aromatic heterocycles. The number of aliphatic hydroxyl groups is 1. The van der Waals surface area contributed by atoms with Crippen LogP contribution in [0.15, 0.2) is 30.3 Å². The van der Waals surface area contributed by atoms with Gasteiger partial charge in [0.05, 0.1) is 12.6 Å². The zero-order chi connectivity index (χ0) is 14.3. The number of hydrogen-bond donors (Lipinski definition) is 1. The number of ether oxygens (including phenoxy) is 1. The van der Waals surface area contributed by atoms with Crippen molar-refractivity contribution < 1.29 is 23.4 Å². The summed E-state index contributed by atoms with van der Waals surface area (Å²) < 4.78 is 29.6. The quantitative estimate of drug-likeness (QED) is 0.865. The molecule has 1 amide bonds. The Balaban J connectivity index is 2.51. The smallest absolute Gasteiger partial charge is 0.410 e. The predicted octanol–water partition coefficient (Wildman–Crippen LogP) is 2.27. The minimum Gasteiger partial charge on any atom is -0.445 e. The van der Waals surface area contributed by atoms with Gasteiger partial charge in [0.1, 0.15) is 6.61 Å². The van der Waals surface area contributed by atoms with Gasteiger partial charge in [-0.2, -0.15) is 0 Å². The third-order valence-electron chi connectivity index (χ3n) is 2.31. The maximum absolute atomic E-state index is 12.3. The van der Waals surface area contributed by atoms with Crippen LogP contribution >= 0.6 is 0 Å². The van der Waals surface area contributed by atoms with Crippen molar-refractivity contribution in [3.05, 3.63) is 35.9 Å². The first-order valence-electron chi connectivity index (χ1n) is 5.91. The van der Waals surface area contributed by atoms with Crippen LogP contribution in [0.25, 0.3) is 0 Å². The van der Waals surface area contributed by atoms with E-state index in [-0.39, 0.29) is 13.2 Å². The second-order valence-electron chi connectivity index (χ2n) is 4.19. The summed E-state index contributed by atoms with van der Waals surface area (Å²) in [6.45, 7) is 0.499. The Kier molecular flexibility index (Phi) is 6.21. The molecule has 0 heterocycles. The average Bonchev–Trinajstić information content (AvgIpc) is 2.35. The lowest BCUT2D eigenvalue weighted by Crippen LogP contribution is -2.40. The summed E-state index contributed by atoms with van der Waals surface area (Å²) in [6.07, 6.45) is -4.41. The molecule has 6 heteroatoms. The molecule has 0 aliphatic rings. The second kappa shape index (κ2) is 7.68. The van der Waals surface area contributed by atoms with E-state index in [1.807, 2.05) is 6.07 Å². The average molecular weight is 273 g/mol. The van der Waals surface area contributed by atoms with Gasteiger partial charge in [0.15, 0.2) is 0 Å². The number of nitrogens with zero attached hydrogens (tertiary/aromatic N) is 1. The van der Waals surface area contributed by atoms with Crippen molar-refractivity contribution in [3.8, 4) is 0 Å². The number of benzene rings is 1. The molecule has 106 valence electrons. The van der Waals surface area contributed by atoms with Crippen molar-refractivity contribution in [1.29, 1.82) is 0 Å². The van der Waals surface area contributed by atoms with E-state index in [0.717, 1.165) is 10.5 Å². The summed E-state index contributed by atoms with van der Waals surface area (Å²) in [5.41, 5.74) is 0.768. The van der Waals surface area contributed by atoms with E-state index < -0.39 is 25.2 Å². The van der Waals surface area contributed by atoms with Gasteiger partial charge in [-0.25, -0.2) is 13.6 Å². The number of carbonyl (C=O) groups is 1. The first kappa shape index (κ1) is 15.4. The van der Waals surface area contributed by atoms with Gasteiger partial charge in [-0.15, -0.1) is 0 Å². The minimum absolute atomic E-state index is 0.0131. The third kappa shape index (κ3) is 6.15. The molecule has 1 unspecified atom stereocenters. The highest BCUT2D eigenvalue weighted by atomic mass is 19.3.